The summed E-state index contributed by atoms with van der Waals surface area (Å²) in [7, 11) is 0. The number of aliphatic hydroxyl groups excluding tert-OH is 1. The molecule has 6 nitrogen and oxygen atoms in total. The molecule has 32 heavy (non-hydrogen) atoms. The van der Waals surface area contributed by atoms with Crippen LogP contribution in [-0.4, -0.2) is 30.0 Å². The molecule has 1 N–H and O–H groups in total. The first kappa shape index (κ1) is 20.2. The molecule has 0 saturated carbocycles. The van der Waals surface area contributed by atoms with Crippen LogP contribution in [0.1, 0.15) is 17.2 Å². The quantitative estimate of drug-likeness (QED) is 0.356. The molecule has 0 bridgehead atoms. The predicted molar refractivity (Wildman–Crippen MR) is 120 cm³/mol. The Labute approximate surface area is 189 Å². The molecule has 1 atom stereocenters. The van der Waals surface area contributed by atoms with Crippen molar-refractivity contribution in [3.05, 3.63) is 94.5 Å². The zero-order valence-corrected chi connectivity index (χ0v) is 17.6. The Morgan fingerprint density at radius 2 is 1.66 bits per heavy atom. The lowest BCUT2D eigenvalue weighted by atomic mass is 9.95. The summed E-state index contributed by atoms with van der Waals surface area (Å²) >= 11 is 6.08. The Morgan fingerprint density at radius 1 is 0.906 bits per heavy atom. The number of amides is 1. The Balaban J connectivity index is 1.70. The van der Waals surface area contributed by atoms with Gasteiger partial charge in [0.25, 0.3) is 11.7 Å². The smallest absolute Gasteiger partial charge is 0.300 e. The molecule has 160 valence electrons. The van der Waals surface area contributed by atoms with Crippen molar-refractivity contribution in [2.75, 3.05) is 18.1 Å². The average Bonchev–Trinajstić information content (AvgIpc) is 3.09. The minimum Gasteiger partial charge on any atom is -0.507 e. The highest BCUT2D eigenvalue weighted by molar-refractivity contribution is 6.51. The van der Waals surface area contributed by atoms with Gasteiger partial charge in [-0.05, 0) is 29.8 Å². The van der Waals surface area contributed by atoms with Crippen LogP contribution in [0.2, 0.25) is 5.02 Å². The van der Waals surface area contributed by atoms with Crippen LogP contribution < -0.4 is 14.4 Å². The summed E-state index contributed by atoms with van der Waals surface area (Å²) in [5.74, 6) is -0.714. The first-order valence-electron chi connectivity index (χ1n) is 10.1. The van der Waals surface area contributed by atoms with E-state index in [0.717, 1.165) is 0 Å². The molecule has 1 fully saturated rings. The second-order valence-electron chi connectivity index (χ2n) is 7.42. The number of benzene rings is 3. The first-order chi connectivity index (χ1) is 15.5. The highest BCUT2D eigenvalue weighted by Gasteiger charge is 2.47. The summed E-state index contributed by atoms with van der Waals surface area (Å²) in [6.45, 7) is 0.840. The van der Waals surface area contributed by atoms with Crippen molar-refractivity contribution in [2.45, 2.75) is 6.04 Å². The number of ether oxygens (including phenoxy) is 2. The second-order valence-corrected chi connectivity index (χ2v) is 7.85. The predicted octanol–water partition coefficient (Wildman–Crippen LogP) is 4.74. The maximum atomic E-state index is 13.2. The van der Waals surface area contributed by atoms with Crippen LogP contribution in [0.15, 0.2) is 78.4 Å². The van der Waals surface area contributed by atoms with Crippen molar-refractivity contribution in [1.82, 2.24) is 0 Å². The van der Waals surface area contributed by atoms with Crippen molar-refractivity contribution in [3.8, 4) is 11.5 Å². The van der Waals surface area contributed by atoms with E-state index in [1.54, 1.807) is 42.5 Å². The summed E-state index contributed by atoms with van der Waals surface area (Å²) in [5, 5.41) is 11.5. The van der Waals surface area contributed by atoms with E-state index in [1.807, 2.05) is 30.3 Å². The SMILES string of the molecule is O=C1C(=O)N(c2ccc3c(c2)OCCO3)C(c2ccccc2)/C1=C(\O)c1cccc(Cl)c1. The van der Waals surface area contributed by atoms with Gasteiger partial charge in [0.05, 0.1) is 11.6 Å². The number of Topliss-reactive ketones (excluding diaryl/α,β-unsaturated/α-hetero) is 1. The molecule has 3 aromatic rings. The Bertz CT molecular complexity index is 1250. The molecule has 3 aromatic carbocycles. The maximum Gasteiger partial charge on any atom is 0.300 e. The first-order valence-corrected chi connectivity index (χ1v) is 10.4. The Hall–Kier alpha value is -3.77. The van der Waals surface area contributed by atoms with E-state index < -0.39 is 17.7 Å². The van der Waals surface area contributed by atoms with Crippen LogP contribution in [0.4, 0.5) is 5.69 Å². The van der Waals surface area contributed by atoms with Crippen molar-refractivity contribution in [1.29, 1.82) is 0 Å². The largest absolute Gasteiger partial charge is 0.507 e. The lowest BCUT2D eigenvalue weighted by Crippen LogP contribution is -2.29. The summed E-state index contributed by atoms with van der Waals surface area (Å²) in [6, 6.07) is 19.9. The standard InChI is InChI=1S/C25H18ClNO5/c26-17-8-4-7-16(13-17)23(28)21-22(15-5-2-1-3-6-15)27(25(30)24(21)29)18-9-10-19-20(14-18)32-12-11-31-19/h1-10,13-14,22,28H,11-12H2/b23-21+. The van der Waals surface area contributed by atoms with Crippen LogP contribution in [0.3, 0.4) is 0 Å². The number of nitrogens with zero attached hydrogens (tertiary/aromatic N) is 1. The van der Waals surface area contributed by atoms with Crippen LogP contribution in [0.5, 0.6) is 11.5 Å². The van der Waals surface area contributed by atoms with E-state index in [9.17, 15) is 14.7 Å². The molecule has 2 aliphatic rings. The molecule has 5 rings (SSSR count). The average molecular weight is 448 g/mol. The van der Waals surface area contributed by atoms with Gasteiger partial charge in [0, 0.05) is 22.3 Å². The molecule has 0 aromatic heterocycles. The van der Waals surface area contributed by atoms with Crippen LogP contribution in [0.25, 0.3) is 5.76 Å². The highest BCUT2D eigenvalue weighted by Crippen LogP contribution is 2.44. The number of halogens is 1. The molecule has 2 heterocycles. The number of aliphatic hydroxyl groups is 1. The molecular weight excluding hydrogens is 430 g/mol. The van der Waals surface area contributed by atoms with Crippen LogP contribution in [-0.2, 0) is 9.59 Å². The lowest BCUT2D eigenvalue weighted by molar-refractivity contribution is -0.132. The van der Waals surface area contributed by atoms with E-state index in [2.05, 4.69) is 0 Å². The molecule has 1 unspecified atom stereocenters. The number of rotatable bonds is 3. The van der Waals surface area contributed by atoms with Gasteiger partial charge in [-0.15, -0.1) is 0 Å². The van der Waals surface area contributed by atoms with Crippen molar-refractivity contribution < 1.29 is 24.2 Å². The zero-order chi connectivity index (χ0) is 22.2. The van der Waals surface area contributed by atoms with Gasteiger partial charge in [-0.2, -0.15) is 0 Å². The topological polar surface area (TPSA) is 76.1 Å². The van der Waals surface area contributed by atoms with Gasteiger partial charge in [0.15, 0.2) is 11.5 Å². The highest BCUT2D eigenvalue weighted by atomic mass is 35.5. The van der Waals surface area contributed by atoms with Gasteiger partial charge in [0.1, 0.15) is 19.0 Å². The Kier molecular flexibility index (Phi) is 5.07. The van der Waals surface area contributed by atoms with Crippen LogP contribution in [0, 0.1) is 0 Å². The van der Waals surface area contributed by atoms with Gasteiger partial charge in [-0.1, -0.05) is 54.1 Å². The minimum atomic E-state index is -0.822. The second kappa shape index (κ2) is 8.05. The van der Waals surface area contributed by atoms with E-state index in [1.165, 1.54) is 4.90 Å². The summed E-state index contributed by atoms with van der Waals surface area (Å²) in [6.07, 6.45) is 0. The van der Waals surface area contributed by atoms with E-state index in [-0.39, 0.29) is 11.3 Å². The van der Waals surface area contributed by atoms with Crippen molar-refractivity contribution in [3.63, 3.8) is 0 Å². The lowest BCUT2D eigenvalue weighted by Gasteiger charge is -2.27. The van der Waals surface area contributed by atoms with Crippen molar-refractivity contribution in [2.24, 2.45) is 0 Å². The molecule has 0 radical (unpaired) electrons. The number of ketones is 1. The van der Waals surface area contributed by atoms with Gasteiger partial charge in [0.2, 0.25) is 0 Å². The fourth-order valence-electron chi connectivity index (χ4n) is 4.02. The number of carbonyl (C=O) groups is 2. The molecule has 0 spiro atoms. The van der Waals surface area contributed by atoms with E-state index in [0.29, 0.717) is 46.5 Å². The summed E-state index contributed by atoms with van der Waals surface area (Å²) in [5.41, 5.74) is 1.51. The number of hydrogen-bond donors (Lipinski definition) is 1. The summed E-state index contributed by atoms with van der Waals surface area (Å²) < 4.78 is 11.2. The third kappa shape index (κ3) is 3.39. The van der Waals surface area contributed by atoms with E-state index in [4.69, 9.17) is 21.1 Å². The minimum absolute atomic E-state index is 0.00152. The third-order valence-electron chi connectivity index (χ3n) is 5.46. The molecular formula is C25H18ClNO5. The van der Waals surface area contributed by atoms with Gasteiger partial charge in [-0.25, -0.2) is 0 Å². The fraction of sp³-hybridized carbons (Fsp3) is 0.120. The van der Waals surface area contributed by atoms with Gasteiger partial charge < -0.3 is 14.6 Å². The normalized spacial score (nSPS) is 19.3. The monoisotopic (exact) mass is 447 g/mol. The van der Waals surface area contributed by atoms with Gasteiger partial charge >= 0.3 is 0 Å². The van der Waals surface area contributed by atoms with E-state index >= 15 is 0 Å². The third-order valence-corrected chi connectivity index (χ3v) is 5.70. The van der Waals surface area contributed by atoms with Crippen LogP contribution >= 0.6 is 11.6 Å². The zero-order valence-electron chi connectivity index (χ0n) is 16.8. The van der Waals surface area contributed by atoms with Gasteiger partial charge in [-0.3, -0.25) is 14.5 Å². The number of fused-ring (bicyclic) bond motifs is 1. The molecule has 1 amide bonds. The molecule has 2 aliphatic heterocycles. The molecule has 7 heteroatoms. The Morgan fingerprint density at radius 3 is 2.41 bits per heavy atom. The number of anilines is 1. The number of carbonyl (C=O) groups excluding carboxylic acids is 2. The summed E-state index contributed by atoms with van der Waals surface area (Å²) in [4.78, 5) is 27.7. The number of hydrogen-bond acceptors (Lipinski definition) is 5. The maximum absolute atomic E-state index is 13.2. The fourth-order valence-corrected chi connectivity index (χ4v) is 4.21. The van der Waals surface area contributed by atoms with Crippen molar-refractivity contribution >= 4 is 34.7 Å². The molecule has 0 aliphatic carbocycles. The molecule has 1 saturated heterocycles.